The molecule has 1 aliphatic heterocycles. The third-order valence-corrected chi connectivity index (χ3v) is 4.30. The molecule has 92 valence electrons. The highest BCUT2D eigenvalue weighted by Gasteiger charge is 2.21. The van der Waals surface area contributed by atoms with Crippen LogP contribution in [0.1, 0.15) is 36.0 Å². The number of benzene rings is 1. The third kappa shape index (κ3) is 2.38. The molecule has 2 nitrogen and oxygen atoms in total. The van der Waals surface area contributed by atoms with Gasteiger partial charge in [-0.05, 0) is 42.9 Å². The van der Waals surface area contributed by atoms with E-state index in [1.807, 2.05) is 0 Å². The van der Waals surface area contributed by atoms with Crippen molar-refractivity contribution in [2.75, 3.05) is 6.54 Å². The van der Waals surface area contributed by atoms with Gasteiger partial charge in [-0.1, -0.05) is 24.6 Å². The zero-order chi connectivity index (χ0) is 11.7. The molecule has 17 heavy (non-hydrogen) atoms. The molecule has 1 unspecified atom stereocenters. The maximum absolute atomic E-state index is 3.67. The average Bonchev–Trinajstić information content (AvgIpc) is 2.27. The normalized spacial score (nSPS) is 24.2. The third-order valence-electron chi connectivity index (χ3n) is 4.30. The highest BCUT2D eigenvalue weighted by atomic mass is 15.0. The fourth-order valence-electron chi connectivity index (χ4n) is 2.86. The molecule has 1 aliphatic carbocycles. The number of hydrogen-bond acceptors (Lipinski definition) is 2. The van der Waals surface area contributed by atoms with Crippen molar-refractivity contribution in [3.05, 3.63) is 34.9 Å². The van der Waals surface area contributed by atoms with Crippen molar-refractivity contribution in [3.63, 3.8) is 0 Å². The Hall–Kier alpha value is -0.860. The van der Waals surface area contributed by atoms with E-state index in [-0.39, 0.29) is 0 Å². The van der Waals surface area contributed by atoms with E-state index in [1.54, 1.807) is 5.56 Å². The number of rotatable bonds is 3. The summed E-state index contributed by atoms with van der Waals surface area (Å²) in [5.74, 6) is 0. The van der Waals surface area contributed by atoms with Crippen LogP contribution in [0.4, 0.5) is 0 Å². The van der Waals surface area contributed by atoms with E-state index in [4.69, 9.17) is 0 Å². The Morgan fingerprint density at radius 1 is 1.35 bits per heavy atom. The lowest BCUT2D eigenvalue weighted by Gasteiger charge is -2.32. The van der Waals surface area contributed by atoms with Crippen molar-refractivity contribution >= 4 is 0 Å². The standard InChI is InChI=1S/C15H22N2/c1-11-4-2-5-12-8-14(17-10-15(11)12)9-16-13-6-3-7-13/h2,4-5,13-14,16-17H,3,6-10H2,1H3. The Bertz CT molecular complexity index is 396. The molecular weight excluding hydrogens is 208 g/mol. The fourth-order valence-corrected chi connectivity index (χ4v) is 2.86. The summed E-state index contributed by atoms with van der Waals surface area (Å²) in [5.41, 5.74) is 4.50. The summed E-state index contributed by atoms with van der Waals surface area (Å²) in [7, 11) is 0. The first kappa shape index (κ1) is 11.2. The number of hydrogen-bond donors (Lipinski definition) is 2. The Morgan fingerprint density at radius 3 is 3.00 bits per heavy atom. The van der Waals surface area contributed by atoms with Crippen LogP contribution in [-0.2, 0) is 13.0 Å². The van der Waals surface area contributed by atoms with Gasteiger partial charge in [0.15, 0.2) is 0 Å². The highest BCUT2D eigenvalue weighted by molar-refractivity contribution is 5.36. The largest absolute Gasteiger partial charge is 0.312 e. The highest BCUT2D eigenvalue weighted by Crippen LogP contribution is 2.21. The predicted molar refractivity (Wildman–Crippen MR) is 71.2 cm³/mol. The Kier molecular flexibility index (Phi) is 3.17. The minimum atomic E-state index is 0.616. The van der Waals surface area contributed by atoms with Gasteiger partial charge in [-0.15, -0.1) is 0 Å². The van der Waals surface area contributed by atoms with Crippen LogP contribution >= 0.6 is 0 Å². The maximum atomic E-state index is 3.67. The molecule has 3 rings (SSSR count). The molecule has 2 aliphatic rings. The van der Waals surface area contributed by atoms with Gasteiger partial charge in [-0.25, -0.2) is 0 Å². The van der Waals surface area contributed by atoms with Gasteiger partial charge in [0.25, 0.3) is 0 Å². The van der Waals surface area contributed by atoms with Crippen molar-refractivity contribution in [1.82, 2.24) is 10.6 Å². The SMILES string of the molecule is Cc1cccc2c1CNC(CNC1CCC1)C2. The Morgan fingerprint density at radius 2 is 2.24 bits per heavy atom. The van der Waals surface area contributed by atoms with Crippen LogP contribution in [0.3, 0.4) is 0 Å². The molecule has 1 fully saturated rings. The zero-order valence-corrected chi connectivity index (χ0v) is 10.6. The van der Waals surface area contributed by atoms with Crippen LogP contribution in [0.25, 0.3) is 0 Å². The molecule has 2 N–H and O–H groups in total. The monoisotopic (exact) mass is 230 g/mol. The van der Waals surface area contributed by atoms with E-state index in [9.17, 15) is 0 Å². The second-order valence-electron chi connectivity index (χ2n) is 5.53. The maximum Gasteiger partial charge on any atom is 0.0236 e. The van der Waals surface area contributed by atoms with Crippen molar-refractivity contribution in [1.29, 1.82) is 0 Å². The Balaban J connectivity index is 1.60. The molecule has 1 aromatic carbocycles. The summed E-state index contributed by atoms with van der Waals surface area (Å²) in [6, 6.07) is 8.11. The van der Waals surface area contributed by atoms with E-state index >= 15 is 0 Å². The van der Waals surface area contributed by atoms with Crippen LogP contribution in [0.2, 0.25) is 0 Å². The van der Waals surface area contributed by atoms with Gasteiger partial charge in [-0.2, -0.15) is 0 Å². The molecule has 1 saturated carbocycles. The second kappa shape index (κ2) is 4.79. The minimum Gasteiger partial charge on any atom is -0.312 e. The summed E-state index contributed by atoms with van der Waals surface area (Å²) < 4.78 is 0. The smallest absolute Gasteiger partial charge is 0.0236 e. The summed E-state index contributed by atoms with van der Waals surface area (Å²) in [6.45, 7) is 4.38. The van der Waals surface area contributed by atoms with Crippen molar-refractivity contribution in [3.8, 4) is 0 Å². The molecule has 0 aromatic heterocycles. The lowest BCUT2D eigenvalue weighted by molar-refractivity contribution is 0.316. The average molecular weight is 230 g/mol. The van der Waals surface area contributed by atoms with Gasteiger partial charge in [0, 0.05) is 25.2 Å². The van der Waals surface area contributed by atoms with Gasteiger partial charge in [0.1, 0.15) is 0 Å². The molecule has 2 heteroatoms. The first-order valence-corrected chi connectivity index (χ1v) is 6.87. The predicted octanol–water partition coefficient (Wildman–Crippen LogP) is 2.15. The first-order chi connectivity index (χ1) is 8.33. The molecule has 1 heterocycles. The van der Waals surface area contributed by atoms with Crippen LogP contribution in [0.15, 0.2) is 18.2 Å². The zero-order valence-electron chi connectivity index (χ0n) is 10.6. The molecule has 0 spiro atoms. The molecule has 1 aromatic rings. The van der Waals surface area contributed by atoms with Gasteiger partial charge in [-0.3, -0.25) is 0 Å². The van der Waals surface area contributed by atoms with Gasteiger partial charge < -0.3 is 10.6 Å². The summed E-state index contributed by atoms with van der Waals surface area (Å²) in [6.07, 6.45) is 5.35. The van der Waals surface area contributed by atoms with Gasteiger partial charge in [0.05, 0.1) is 0 Å². The lowest BCUT2D eigenvalue weighted by Crippen LogP contribution is -2.47. The molecule has 0 bridgehead atoms. The molecule has 0 amide bonds. The van der Waals surface area contributed by atoms with E-state index in [0.29, 0.717) is 6.04 Å². The van der Waals surface area contributed by atoms with E-state index in [2.05, 4.69) is 35.8 Å². The lowest BCUT2D eigenvalue weighted by atomic mass is 9.90. The van der Waals surface area contributed by atoms with E-state index in [0.717, 1.165) is 19.1 Å². The molecule has 0 saturated heterocycles. The van der Waals surface area contributed by atoms with E-state index in [1.165, 1.54) is 36.8 Å². The van der Waals surface area contributed by atoms with Crippen molar-refractivity contribution in [2.24, 2.45) is 0 Å². The van der Waals surface area contributed by atoms with Crippen LogP contribution in [0, 0.1) is 6.92 Å². The number of nitrogens with one attached hydrogen (secondary N) is 2. The topological polar surface area (TPSA) is 24.1 Å². The molecular formula is C15H22N2. The Labute approximate surface area is 104 Å². The van der Waals surface area contributed by atoms with Crippen molar-refractivity contribution < 1.29 is 0 Å². The molecule has 1 atom stereocenters. The van der Waals surface area contributed by atoms with Gasteiger partial charge >= 0.3 is 0 Å². The quantitative estimate of drug-likeness (QED) is 0.831. The van der Waals surface area contributed by atoms with Crippen LogP contribution in [0.5, 0.6) is 0 Å². The second-order valence-corrected chi connectivity index (χ2v) is 5.53. The number of aryl methyl sites for hydroxylation is 1. The fraction of sp³-hybridized carbons (Fsp3) is 0.600. The molecule has 0 radical (unpaired) electrons. The first-order valence-electron chi connectivity index (χ1n) is 6.87. The number of fused-ring (bicyclic) bond motifs is 1. The van der Waals surface area contributed by atoms with Crippen LogP contribution in [-0.4, -0.2) is 18.6 Å². The van der Waals surface area contributed by atoms with E-state index < -0.39 is 0 Å². The minimum absolute atomic E-state index is 0.616. The summed E-state index contributed by atoms with van der Waals surface area (Å²) >= 11 is 0. The summed E-state index contributed by atoms with van der Waals surface area (Å²) in [5, 5.41) is 7.33. The van der Waals surface area contributed by atoms with Crippen LogP contribution < -0.4 is 10.6 Å². The van der Waals surface area contributed by atoms with Gasteiger partial charge in [0.2, 0.25) is 0 Å². The van der Waals surface area contributed by atoms with Crippen molar-refractivity contribution in [2.45, 2.75) is 51.2 Å². The summed E-state index contributed by atoms with van der Waals surface area (Å²) in [4.78, 5) is 0.